The molecule has 1 aromatic rings. The van der Waals surface area contributed by atoms with Gasteiger partial charge >= 0.3 is 6.09 Å². The smallest absolute Gasteiger partial charge is 0.407 e. The van der Waals surface area contributed by atoms with Crippen LogP contribution in [0.2, 0.25) is 0 Å². The van der Waals surface area contributed by atoms with Crippen molar-refractivity contribution in [2.45, 2.75) is 26.2 Å². The summed E-state index contributed by atoms with van der Waals surface area (Å²) in [4.78, 5) is 11.4. The highest BCUT2D eigenvalue weighted by atomic mass is 16.5. The summed E-state index contributed by atoms with van der Waals surface area (Å²) in [6.07, 6.45) is -0.402. The first-order chi connectivity index (χ1) is 9.44. The molecular formula is C15H23NO4. The van der Waals surface area contributed by atoms with Crippen molar-refractivity contribution in [2.24, 2.45) is 0 Å². The van der Waals surface area contributed by atoms with Gasteiger partial charge in [0.05, 0.1) is 20.8 Å². The van der Waals surface area contributed by atoms with Crippen LogP contribution in [0.15, 0.2) is 18.2 Å². The maximum Gasteiger partial charge on any atom is 0.407 e. The SMILES string of the molecule is CCOC(=O)NCC(C)(C)c1ccc(OC)c(OC)c1. The molecule has 0 aromatic heterocycles. The minimum atomic E-state index is -0.402. The predicted octanol–water partition coefficient (Wildman–Crippen LogP) is 2.73. The van der Waals surface area contributed by atoms with Crippen LogP contribution in [0.25, 0.3) is 0 Å². The molecule has 0 aliphatic rings. The molecule has 0 saturated heterocycles. The Labute approximate surface area is 120 Å². The summed E-state index contributed by atoms with van der Waals surface area (Å²) < 4.78 is 15.4. The van der Waals surface area contributed by atoms with Crippen molar-refractivity contribution in [3.05, 3.63) is 23.8 Å². The normalized spacial score (nSPS) is 10.8. The fourth-order valence-electron chi connectivity index (χ4n) is 1.83. The van der Waals surface area contributed by atoms with Crippen LogP contribution >= 0.6 is 0 Å². The van der Waals surface area contributed by atoms with Crippen LogP contribution in [0.4, 0.5) is 4.79 Å². The molecule has 1 amide bonds. The third-order valence-electron chi connectivity index (χ3n) is 3.12. The first kappa shape index (κ1) is 16.1. The van der Waals surface area contributed by atoms with Crippen LogP contribution in [0.5, 0.6) is 11.5 Å². The second kappa shape index (κ2) is 7.03. The zero-order valence-electron chi connectivity index (χ0n) is 12.8. The average molecular weight is 281 g/mol. The van der Waals surface area contributed by atoms with E-state index in [1.807, 2.05) is 32.0 Å². The topological polar surface area (TPSA) is 56.8 Å². The van der Waals surface area contributed by atoms with Gasteiger partial charge in [-0.25, -0.2) is 4.79 Å². The zero-order chi connectivity index (χ0) is 15.2. The van der Waals surface area contributed by atoms with Crippen molar-refractivity contribution in [1.82, 2.24) is 5.32 Å². The molecule has 0 fully saturated rings. The molecule has 0 atom stereocenters. The van der Waals surface area contributed by atoms with E-state index < -0.39 is 6.09 Å². The van der Waals surface area contributed by atoms with Crippen LogP contribution in [-0.2, 0) is 10.2 Å². The van der Waals surface area contributed by atoms with Crippen LogP contribution < -0.4 is 14.8 Å². The van der Waals surface area contributed by atoms with Gasteiger partial charge in [-0.15, -0.1) is 0 Å². The molecule has 0 saturated carbocycles. The summed E-state index contributed by atoms with van der Waals surface area (Å²) in [5.41, 5.74) is 0.804. The average Bonchev–Trinajstić information content (AvgIpc) is 2.44. The second-order valence-corrected chi connectivity index (χ2v) is 5.03. The first-order valence-electron chi connectivity index (χ1n) is 6.57. The Morgan fingerprint density at radius 3 is 2.40 bits per heavy atom. The molecule has 5 nitrogen and oxygen atoms in total. The Kier molecular flexibility index (Phi) is 5.67. The van der Waals surface area contributed by atoms with Gasteiger partial charge in [-0.2, -0.15) is 0 Å². The lowest BCUT2D eigenvalue weighted by molar-refractivity contribution is 0.150. The summed E-state index contributed by atoms with van der Waals surface area (Å²) in [7, 11) is 3.20. The molecule has 0 bridgehead atoms. The van der Waals surface area contributed by atoms with Gasteiger partial charge in [-0.1, -0.05) is 19.9 Å². The number of nitrogens with one attached hydrogen (secondary N) is 1. The number of amides is 1. The number of methoxy groups -OCH3 is 2. The van der Waals surface area contributed by atoms with Crippen molar-refractivity contribution in [3.63, 3.8) is 0 Å². The summed E-state index contributed by atoms with van der Waals surface area (Å²) in [6.45, 7) is 6.70. The van der Waals surface area contributed by atoms with Gasteiger partial charge < -0.3 is 19.5 Å². The van der Waals surface area contributed by atoms with E-state index in [1.54, 1.807) is 21.1 Å². The van der Waals surface area contributed by atoms with E-state index in [0.717, 1.165) is 5.56 Å². The van der Waals surface area contributed by atoms with Crippen LogP contribution in [-0.4, -0.2) is 33.5 Å². The third-order valence-corrected chi connectivity index (χ3v) is 3.12. The van der Waals surface area contributed by atoms with E-state index in [2.05, 4.69) is 5.32 Å². The summed E-state index contributed by atoms with van der Waals surface area (Å²) in [5.74, 6) is 1.36. The summed E-state index contributed by atoms with van der Waals surface area (Å²) in [6, 6.07) is 5.75. The Morgan fingerprint density at radius 2 is 1.85 bits per heavy atom. The molecule has 20 heavy (non-hydrogen) atoms. The van der Waals surface area contributed by atoms with Crippen molar-refractivity contribution in [3.8, 4) is 11.5 Å². The number of ether oxygens (including phenoxy) is 3. The van der Waals surface area contributed by atoms with Gasteiger partial charge in [0.2, 0.25) is 0 Å². The van der Waals surface area contributed by atoms with Crippen LogP contribution in [0, 0.1) is 0 Å². The quantitative estimate of drug-likeness (QED) is 0.871. The minimum absolute atomic E-state index is 0.244. The Bertz CT molecular complexity index is 457. The van der Waals surface area contributed by atoms with E-state index in [-0.39, 0.29) is 5.41 Å². The molecule has 112 valence electrons. The zero-order valence-corrected chi connectivity index (χ0v) is 12.8. The number of hydrogen-bond donors (Lipinski definition) is 1. The molecule has 0 spiro atoms. The molecule has 0 unspecified atom stereocenters. The number of alkyl carbamates (subject to hydrolysis) is 1. The Morgan fingerprint density at radius 1 is 1.20 bits per heavy atom. The number of rotatable bonds is 6. The van der Waals surface area contributed by atoms with E-state index >= 15 is 0 Å². The van der Waals surface area contributed by atoms with Gasteiger partial charge in [0.15, 0.2) is 11.5 Å². The maximum atomic E-state index is 11.4. The number of benzene rings is 1. The second-order valence-electron chi connectivity index (χ2n) is 5.03. The van der Waals surface area contributed by atoms with Crippen molar-refractivity contribution in [1.29, 1.82) is 0 Å². The van der Waals surface area contributed by atoms with E-state index in [1.165, 1.54) is 0 Å². The first-order valence-corrected chi connectivity index (χ1v) is 6.57. The van der Waals surface area contributed by atoms with Crippen LogP contribution in [0.1, 0.15) is 26.3 Å². The van der Waals surface area contributed by atoms with Gasteiger partial charge in [-0.05, 0) is 24.6 Å². The van der Waals surface area contributed by atoms with Gasteiger partial charge in [0.25, 0.3) is 0 Å². The fourth-order valence-corrected chi connectivity index (χ4v) is 1.83. The van der Waals surface area contributed by atoms with Crippen molar-refractivity contribution >= 4 is 6.09 Å². The number of hydrogen-bond acceptors (Lipinski definition) is 4. The molecule has 0 aliphatic carbocycles. The molecule has 1 N–H and O–H groups in total. The molecule has 5 heteroatoms. The van der Waals surface area contributed by atoms with Crippen molar-refractivity contribution in [2.75, 3.05) is 27.4 Å². The van der Waals surface area contributed by atoms with E-state index in [9.17, 15) is 4.79 Å². The molecule has 0 aliphatic heterocycles. The van der Waals surface area contributed by atoms with Crippen LogP contribution in [0.3, 0.4) is 0 Å². The lowest BCUT2D eigenvalue weighted by Crippen LogP contribution is -2.37. The number of carbonyl (C=O) groups excluding carboxylic acids is 1. The molecule has 1 aromatic carbocycles. The standard InChI is InChI=1S/C15H23NO4/c1-6-20-14(17)16-10-15(2,3)11-7-8-12(18-4)13(9-11)19-5/h7-9H,6,10H2,1-5H3,(H,16,17). The largest absolute Gasteiger partial charge is 0.493 e. The maximum absolute atomic E-state index is 11.4. The minimum Gasteiger partial charge on any atom is -0.493 e. The highest BCUT2D eigenvalue weighted by Crippen LogP contribution is 2.32. The van der Waals surface area contributed by atoms with E-state index in [0.29, 0.717) is 24.7 Å². The molecule has 1 rings (SSSR count). The van der Waals surface area contributed by atoms with Gasteiger partial charge in [-0.3, -0.25) is 0 Å². The highest BCUT2D eigenvalue weighted by Gasteiger charge is 2.23. The summed E-state index contributed by atoms with van der Waals surface area (Å²) >= 11 is 0. The third kappa shape index (κ3) is 4.05. The lowest BCUT2D eigenvalue weighted by Gasteiger charge is -2.26. The fraction of sp³-hybridized carbons (Fsp3) is 0.533. The van der Waals surface area contributed by atoms with Gasteiger partial charge in [0.1, 0.15) is 0 Å². The molecule has 0 heterocycles. The predicted molar refractivity (Wildman–Crippen MR) is 77.6 cm³/mol. The highest BCUT2D eigenvalue weighted by molar-refractivity contribution is 5.67. The lowest BCUT2D eigenvalue weighted by atomic mass is 9.84. The summed E-state index contributed by atoms with van der Waals surface area (Å²) in [5, 5.41) is 2.76. The van der Waals surface area contributed by atoms with Crippen molar-refractivity contribution < 1.29 is 19.0 Å². The number of carbonyl (C=O) groups is 1. The monoisotopic (exact) mass is 281 g/mol. The molecule has 0 radical (unpaired) electrons. The van der Waals surface area contributed by atoms with E-state index in [4.69, 9.17) is 14.2 Å². The van der Waals surface area contributed by atoms with Gasteiger partial charge in [0, 0.05) is 12.0 Å². The molecular weight excluding hydrogens is 258 g/mol. The Balaban J connectivity index is 2.83. The Hall–Kier alpha value is -1.91.